The highest BCUT2D eigenvalue weighted by molar-refractivity contribution is 7.80. The number of ether oxygens (including phenoxy) is 1. The van der Waals surface area contributed by atoms with E-state index in [1.54, 1.807) is 16.7 Å². The van der Waals surface area contributed by atoms with E-state index >= 15 is 0 Å². The van der Waals surface area contributed by atoms with E-state index in [-0.39, 0.29) is 17.0 Å². The quantitative estimate of drug-likeness (QED) is 0.766. The molecule has 0 bridgehead atoms. The fourth-order valence-corrected chi connectivity index (χ4v) is 2.31. The van der Waals surface area contributed by atoms with Crippen LogP contribution in [-0.2, 0) is 9.53 Å². The van der Waals surface area contributed by atoms with Crippen LogP contribution in [0.3, 0.4) is 0 Å². The lowest BCUT2D eigenvalue weighted by atomic mass is 10.0. The number of hydrogen-bond acceptors (Lipinski definition) is 4. The molecule has 19 heavy (non-hydrogen) atoms. The van der Waals surface area contributed by atoms with Crippen molar-refractivity contribution in [3.8, 4) is 0 Å². The van der Waals surface area contributed by atoms with Gasteiger partial charge in [-0.2, -0.15) is 0 Å². The SMILES string of the molecule is CCOC(=O)N1CCN(C(=O)C(CC)C(N)=S)CC1. The number of thiocarbonyl (C=S) groups is 1. The van der Waals surface area contributed by atoms with Crippen LogP contribution in [0.1, 0.15) is 20.3 Å². The molecule has 1 heterocycles. The van der Waals surface area contributed by atoms with Crippen LogP contribution in [-0.4, -0.2) is 59.6 Å². The van der Waals surface area contributed by atoms with Crippen LogP contribution in [0.15, 0.2) is 0 Å². The van der Waals surface area contributed by atoms with Gasteiger partial charge in [-0.05, 0) is 13.3 Å². The van der Waals surface area contributed by atoms with E-state index in [9.17, 15) is 9.59 Å². The maximum absolute atomic E-state index is 12.2. The Balaban J connectivity index is 2.51. The molecule has 0 aromatic carbocycles. The maximum Gasteiger partial charge on any atom is 0.409 e. The lowest BCUT2D eigenvalue weighted by Gasteiger charge is -2.35. The van der Waals surface area contributed by atoms with E-state index in [0.29, 0.717) is 39.2 Å². The first-order chi connectivity index (χ1) is 9.01. The molecule has 2 N–H and O–H groups in total. The molecule has 1 atom stereocenters. The van der Waals surface area contributed by atoms with Crippen molar-refractivity contribution in [2.45, 2.75) is 20.3 Å². The second-order valence-corrected chi connectivity index (χ2v) is 4.85. The lowest BCUT2D eigenvalue weighted by Crippen LogP contribution is -2.53. The van der Waals surface area contributed by atoms with Gasteiger partial charge in [-0.15, -0.1) is 0 Å². The molecule has 0 aromatic rings. The highest BCUT2D eigenvalue weighted by Gasteiger charge is 2.29. The highest BCUT2D eigenvalue weighted by Crippen LogP contribution is 2.12. The van der Waals surface area contributed by atoms with Gasteiger partial charge in [0.1, 0.15) is 0 Å². The number of carbonyl (C=O) groups excluding carboxylic acids is 2. The summed E-state index contributed by atoms with van der Waals surface area (Å²) in [5.74, 6) is -0.442. The molecule has 0 saturated carbocycles. The van der Waals surface area contributed by atoms with Crippen molar-refractivity contribution in [3.63, 3.8) is 0 Å². The Labute approximate surface area is 118 Å². The number of nitrogens with two attached hydrogens (primary N) is 1. The van der Waals surface area contributed by atoms with Crippen LogP contribution in [0.5, 0.6) is 0 Å². The first-order valence-corrected chi connectivity index (χ1v) is 6.91. The fraction of sp³-hybridized carbons (Fsp3) is 0.750. The number of carbonyl (C=O) groups is 2. The average Bonchev–Trinajstić information content (AvgIpc) is 2.39. The van der Waals surface area contributed by atoms with Gasteiger partial charge in [-0.1, -0.05) is 19.1 Å². The molecule has 1 fully saturated rings. The first-order valence-electron chi connectivity index (χ1n) is 6.51. The highest BCUT2D eigenvalue weighted by atomic mass is 32.1. The second kappa shape index (κ2) is 7.28. The van der Waals surface area contributed by atoms with Gasteiger partial charge in [0.05, 0.1) is 17.5 Å². The molecule has 108 valence electrons. The summed E-state index contributed by atoms with van der Waals surface area (Å²) in [6.07, 6.45) is 0.280. The van der Waals surface area contributed by atoms with E-state index < -0.39 is 5.92 Å². The Kier molecular flexibility index (Phi) is 6.01. The molecule has 0 radical (unpaired) electrons. The molecule has 7 heteroatoms. The smallest absolute Gasteiger partial charge is 0.409 e. The lowest BCUT2D eigenvalue weighted by molar-refractivity contribution is -0.135. The zero-order valence-electron chi connectivity index (χ0n) is 11.4. The van der Waals surface area contributed by atoms with Crippen LogP contribution in [0.25, 0.3) is 0 Å². The normalized spacial score (nSPS) is 16.9. The van der Waals surface area contributed by atoms with Crippen LogP contribution in [0.2, 0.25) is 0 Å². The summed E-state index contributed by atoms with van der Waals surface area (Å²) in [6, 6.07) is 0. The summed E-state index contributed by atoms with van der Waals surface area (Å²) < 4.78 is 4.93. The van der Waals surface area contributed by atoms with Gasteiger partial charge in [0.2, 0.25) is 5.91 Å². The molecule has 1 unspecified atom stereocenters. The Hall–Kier alpha value is -1.37. The van der Waals surface area contributed by atoms with Crippen molar-refractivity contribution in [2.24, 2.45) is 11.7 Å². The summed E-state index contributed by atoms with van der Waals surface area (Å²) in [4.78, 5) is 27.3. The molecule has 6 nitrogen and oxygen atoms in total. The third-order valence-corrected chi connectivity index (χ3v) is 3.45. The first kappa shape index (κ1) is 15.7. The summed E-state index contributed by atoms with van der Waals surface area (Å²) in [5, 5.41) is 0. The standard InChI is InChI=1S/C12H21N3O3S/c1-3-9(10(13)19)11(16)14-5-7-15(8-6-14)12(17)18-4-2/h9H,3-8H2,1-2H3,(H2,13,19). The topological polar surface area (TPSA) is 75.9 Å². The van der Waals surface area contributed by atoms with E-state index in [1.807, 2.05) is 6.92 Å². The van der Waals surface area contributed by atoms with Crippen molar-refractivity contribution in [1.82, 2.24) is 9.80 Å². The molecule has 0 aromatic heterocycles. The molecule has 1 rings (SSSR count). The molecule has 2 amide bonds. The summed E-state index contributed by atoms with van der Waals surface area (Å²) in [7, 11) is 0. The van der Waals surface area contributed by atoms with Gasteiger partial charge in [-0.3, -0.25) is 4.79 Å². The molecule has 0 spiro atoms. The molecule has 1 saturated heterocycles. The van der Waals surface area contributed by atoms with Crippen molar-refractivity contribution in [3.05, 3.63) is 0 Å². The third-order valence-electron chi connectivity index (χ3n) is 3.17. The monoisotopic (exact) mass is 287 g/mol. The molecular formula is C12H21N3O3S. The van der Waals surface area contributed by atoms with Crippen molar-refractivity contribution in [1.29, 1.82) is 0 Å². The minimum atomic E-state index is -0.399. The summed E-state index contributed by atoms with van der Waals surface area (Å²) in [6.45, 7) is 5.98. The Morgan fingerprint density at radius 2 is 1.74 bits per heavy atom. The van der Waals surface area contributed by atoms with E-state index in [2.05, 4.69) is 0 Å². The Morgan fingerprint density at radius 1 is 1.21 bits per heavy atom. The zero-order valence-corrected chi connectivity index (χ0v) is 12.2. The van der Waals surface area contributed by atoms with Gasteiger partial charge in [0.15, 0.2) is 0 Å². The predicted octanol–water partition coefficient (Wildman–Crippen LogP) is 0.599. The molecule has 1 aliphatic heterocycles. The van der Waals surface area contributed by atoms with Crippen LogP contribution >= 0.6 is 12.2 Å². The van der Waals surface area contributed by atoms with Crippen molar-refractivity contribution < 1.29 is 14.3 Å². The largest absolute Gasteiger partial charge is 0.450 e. The van der Waals surface area contributed by atoms with Gasteiger partial charge in [0, 0.05) is 26.2 Å². The number of nitrogens with zero attached hydrogens (tertiary/aromatic N) is 2. The number of piperazine rings is 1. The fourth-order valence-electron chi connectivity index (χ4n) is 2.04. The number of hydrogen-bond donors (Lipinski definition) is 1. The van der Waals surface area contributed by atoms with Crippen LogP contribution < -0.4 is 5.73 Å². The third kappa shape index (κ3) is 4.05. The molecular weight excluding hydrogens is 266 g/mol. The van der Waals surface area contributed by atoms with Crippen LogP contribution in [0.4, 0.5) is 4.79 Å². The number of amides is 2. The molecule has 1 aliphatic rings. The molecule has 0 aliphatic carbocycles. The summed E-state index contributed by atoms with van der Waals surface area (Å²) in [5.41, 5.74) is 5.57. The van der Waals surface area contributed by atoms with Crippen molar-refractivity contribution in [2.75, 3.05) is 32.8 Å². The average molecular weight is 287 g/mol. The van der Waals surface area contributed by atoms with Gasteiger partial charge in [-0.25, -0.2) is 4.79 Å². The predicted molar refractivity (Wildman–Crippen MR) is 75.7 cm³/mol. The van der Waals surface area contributed by atoms with Crippen LogP contribution in [0, 0.1) is 5.92 Å². The van der Waals surface area contributed by atoms with E-state index in [4.69, 9.17) is 22.7 Å². The minimum Gasteiger partial charge on any atom is -0.450 e. The summed E-state index contributed by atoms with van der Waals surface area (Å²) >= 11 is 4.91. The zero-order chi connectivity index (χ0) is 14.4. The second-order valence-electron chi connectivity index (χ2n) is 4.37. The Morgan fingerprint density at radius 3 is 2.16 bits per heavy atom. The van der Waals surface area contributed by atoms with E-state index in [0.717, 1.165) is 0 Å². The van der Waals surface area contributed by atoms with Gasteiger partial charge >= 0.3 is 6.09 Å². The van der Waals surface area contributed by atoms with E-state index in [1.165, 1.54) is 0 Å². The number of rotatable bonds is 4. The minimum absolute atomic E-state index is 0.0430. The maximum atomic E-state index is 12.2. The van der Waals surface area contributed by atoms with Crippen molar-refractivity contribution >= 4 is 29.2 Å². The van der Waals surface area contributed by atoms with Gasteiger partial charge in [0.25, 0.3) is 0 Å². The Bertz CT molecular complexity index is 354. The van der Waals surface area contributed by atoms with Gasteiger partial charge < -0.3 is 20.3 Å².